The fourth-order valence-electron chi connectivity index (χ4n) is 2.26. The highest BCUT2D eigenvalue weighted by atomic mass is 16.6. The molecular formula is C15H25N3O2. The van der Waals surface area contributed by atoms with Gasteiger partial charge in [-0.2, -0.15) is 0 Å². The highest BCUT2D eigenvalue weighted by Crippen LogP contribution is 2.20. The molecule has 5 heteroatoms. The van der Waals surface area contributed by atoms with Crippen molar-refractivity contribution in [3.8, 4) is 0 Å². The molecule has 0 aliphatic rings. The lowest BCUT2D eigenvalue weighted by molar-refractivity contribution is -0.385. The van der Waals surface area contributed by atoms with Crippen LogP contribution in [0.25, 0.3) is 0 Å². The van der Waals surface area contributed by atoms with Crippen LogP contribution in [-0.2, 0) is 6.54 Å². The Hall–Kier alpha value is -1.46. The number of nitro benzene ring substituents is 1. The molecular weight excluding hydrogens is 254 g/mol. The average molecular weight is 279 g/mol. The molecule has 0 bridgehead atoms. The minimum atomic E-state index is -0.321. The van der Waals surface area contributed by atoms with E-state index in [0.29, 0.717) is 6.54 Å². The second-order valence-electron chi connectivity index (χ2n) is 4.93. The van der Waals surface area contributed by atoms with Crippen molar-refractivity contribution in [2.24, 2.45) is 0 Å². The van der Waals surface area contributed by atoms with Crippen LogP contribution < -0.4 is 5.32 Å². The molecule has 0 heterocycles. The van der Waals surface area contributed by atoms with Gasteiger partial charge in [-0.3, -0.25) is 10.1 Å². The summed E-state index contributed by atoms with van der Waals surface area (Å²) >= 11 is 0. The molecule has 0 aromatic heterocycles. The van der Waals surface area contributed by atoms with Crippen molar-refractivity contribution in [1.29, 1.82) is 0 Å². The van der Waals surface area contributed by atoms with Crippen LogP contribution in [0.2, 0.25) is 0 Å². The molecule has 0 fully saturated rings. The molecule has 1 N–H and O–H groups in total. The molecule has 20 heavy (non-hydrogen) atoms. The molecule has 5 nitrogen and oxygen atoms in total. The van der Waals surface area contributed by atoms with Gasteiger partial charge in [-0.15, -0.1) is 0 Å². The van der Waals surface area contributed by atoms with Gasteiger partial charge < -0.3 is 10.2 Å². The fourth-order valence-corrected chi connectivity index (χ4v) is 2.26. The number of nitrogens with zero attached hydrogens (tertiary/aromatic N) is 2. The zero-order valence-corrected chi connectivity index (χ0v) is 12.7. The van der Waals surface area contributed by atoms with Crippen molar-refractivity contribution in [2.45, 2.75) is 33.7 Å². The normalized spacial score (nSPS) is 11.0. The lowest BCUT2D eigenvalue weighted by Crippen LogP contribution is -2.32. The third-order valence-corrected chi connectivity index (χ3v) is 3.52. The molecule has 0 amide bonds. The second kappa shape index (κ2) is 8.66. The Kier molecular flexibility index (Phi) is 7.18. The van der Waals surface area contributed by atoms with Crippen molar-refractivity contribution in [3.63, 3.8) is 0 Å². The van der Waals surface area contributed by atoms with E-state index in [9.17, 15) is 10.1 Å². The summed E-state index contributed by atoms with van der Waals surface area (Å²) in [5, 5.41) is 14.3. The predicted molar refractivity (Wildman–Crippen MR) is 81.9 cm³/mol. The highest BCUT2D eigenvalue weighted by molar-refractivity contribution is 5.44. The topological polar surface area (TPSA) is 58.4 Å². The van der Waals surface area contributed by atoms with Crippen molar-refractivity contribution in [3.05, 3.63) is 39.4 Å². The van der Waals surface area contributed by atoms with Gasteiger partial charge in [-0.25, -0.2) is 0 Å². The molecule has 0 saturated heterocycles. The largest absolute Gasteiger partial charge is 0.311 e. The van der Waals surface area contributed by atoms with E-state index in [4.69, 9.17) is 0 Å². The molecule has 1 aromatic carbocycles. The summed E-state index contributed by atoms with van der Waals surface area (Å²) in [6.07, 6.45) is 1.16. The van der Waals surface area contributed by atoms with E-state index in [0.717, 1.165) is 43.7 Å². The number of rotatable bonds is 9. The first-order chi connectivity index (χ1) is 9.60. The summed E-state index contributed by atoms with van der Waals surface area (Å²) in [6.45, 7) is 10.9. The van der Waals surface area contributed by atoms with Crippen LogP contribution >= 0.6 is 0 Å². The van der Waals surface area contributed by atoms with E-state index in [1.54, 1.807) is 12.1 Å². The molecule has 0 aliphatic heterocycles. The van der Waals surface area contributed by atoms with E-state index in [1.165, 1.54) is 0 Å². The van der Waals surface area contributed by atoms with Gasteiger partial charge in [0.25, 0.3) is 5.69 Å². The SMILES string of the molecule is CCCN(CC)CCNCc1cccc([N+](=O)[O-])c1C. The monoisotopic (exact) mass is 279 g/mol. The Balaban J connectivity index is 2.46. The molecule has 0 atom stereocenters. The smallest absolute Gasteiger partial charge is 0.272 e. The van der Waals surface area contributed by atoms with Gasteiger partial charge in [0, 0.05) is 31.3 Å². The first kappa shape index (κ1) is 16.6. The summed E-state index contributed by atoms with van der Waals surface area (Å²) in [4.78, 5) is 13.0. The molecule has 1 aromatic rings. The second-order valence-corrected chi connectivity index (χ2v) is 4.93. The van der Waals surface area contributed by atoms with E-state index in [2.05, 4.69) is 24.1 Å². The molecule has 0 spiro atoms. The van der Waals surface area contributed by atoms with E-state index >= 15 is 0 Å². The summed E-state index contributed by atoms with van der Waals surface area (Å²) < 4.78 is 0. The van der Waals surface area contributed by atoms with Gasteiger partial charge in [-0.1, -0.05) is 26.0 Å². The summed E-state index contributed by atoms with van der Waals surface area (Å²) in [6, 6.07) is 5.25. The fraction of sp³-hybridized carbons (Fsp3) is 0.600. The van der Waals surface area contributed by atoms with E-state index in [-0.39, 0.29) is 10.6 Å². The van der Waals surface area contributed by atoms with Gasteiger partial charge in [0.1, 0.15) is 0 Å². The quantitative estimate of drug-likeness (QED) is 0.429. The molecule has 0 unspecified atom stereocenters. The zero-order chi connectivity index (χ0) is 15.0. The number of nitro groups is 1. The van der Waals surface area contributed by atoms with Gasteiger partial charge in [0.2, 0.25) is 0 Å². The van der Waals surface area contributed by atoms with Gasteiger partial charge in [0.15, 0.2) is 0 Å². The van der Waals surface area contributed by atoms with Crippen molar-refractivity contribution in [1.82, 2.24) is 10.2 Å². The highest BCUT2D eigenvalue weighted by Gasteiger charge is 2.12. The third kappa shape index (κ3) is 4.90. The maximum absolute atomic E-state index is 10.9. The Bertz CT molecular complexity index is 435. The Morgan fingerprint density at radius 3 is 2.65 bits per heavy atom. The number of hydrogen-bond acceptors (Lipinski definition) is 4. The Morgan fingerprint density at radius 1 is 1.30 bits per heavy atom. The van der Waals surface area contributed by atoms with Crippen LogP contribution in [0.5, 0.6) is 0 Å². The van der Waals surface area contributed by atoms with Crippen molar-refractivity contribution < 1.29 is 4.92 Å². The molecule has 0 saturated carbocycles. The van der Waals surface area contributed by atoms with E-state index < -0.39 is 0 Å². The van der Waals surface area contributed by atoms with Crippen LogP contribution in [0, 0.1) is 17.0 Å². The van der Waals surface area contributed by atoms with Gasteiger partial charge in [0.05, 0.1) is 4.92 Å². The molecule has 112 valence electrons. The number of likely N-dealkylation sites (N-methyl/N-ethyl adjacent to an activating group) is 1. The minimum Gasteiger partial charge on any atom is -0.311 e. The van der Waals surface area contributed by atoms with Crippen molar-refractivity contribution in [2.75, 3.05) is 26.2 Å². The summed E-state index contributed by atoms with van der Waals surface area (Å²) in [7, 11) is 0. The first-order valence-corrected chi connectivity index (χ1v) is 7.26. The third-order valence-electron chi connectivity index (χ3n) is 3.52. The predicted octanol–water partition coefficient (Wildman–Crippen LogP) is 2.72. The Labute approximate surface area is 121 Å². The first-order valence-electron chi connectivity index (χ1n) is 7.26. The van der Waals surface area contributed by atoms with Crippen LogP contribution in [0.1, 0.15) is 31.4 Å². The van der Waals surface area contributed by atoms with Crippen LogP contribution in [0.15, 0.2) is 18.2 Å². The lowest BCUT2D eigenvalue weighted by Gasteiger charge is -2.19. The number of benzene rings is 1. The van der Waals surface area contributed by atoms with Crippen molar-refractivity contribution >= 4 is 5.69 Å². The van der Waals surface area contributed by atoms with E-state index in [1.807, 2.05) is 13.0 Å². The van der Waals surface area contributed by atoms with Crippen LogP contribution in [-0.4, -0.2) is 36.0 Å². The number of nitrogens with one attached hydrogen (secondary N) is 1. The van der Waals surface area contributed by atoms with Gasteiger partial charge in [-0.05, 0) is 32.0 Å². The lowest BCUT2D eigenvalue weighted by atomic mass is 10.1. The summed E-state index contributed by atoms with van der Waals surface area (Å²) in [5.74, 6) is 0. The zero-order valence-electron chi connectivity index (χ0n) is 12.7. The summed E-state index contributed by atoms with van der Waals surface area (Å²) in [5.41, 5.74) is 1.95. The maximum Gasteiger partial charge on any atom is 0.272 e. The molecule has 1 rings (SSSR count). The van der Waals surface area contributed by atoms with Gasteiger partial charge >= 0.3 is 0 Å². The number of hydrogen-bond donors (Lipinski definition) is 1. The minimum absolute atomic E-state index is 0.200. The maximum atomic E-state index is 10.9. The molecule has 0 aliphatic carbocycles. The Morgan fingerprint density at radius 2 is 2.05 bits per heavy atom. The van der Waals surface area contributed by atoms with Crippen LogP contribution in [0.3, 0.4) is 0 Å². The molecule has 0 radical (unpaired) electrons. The average Bonchev–Trinajstić information content (AvgIpc) is 2.43. The standard InChI is InChI=1S/C15H25N3O2/c1-4-10-17(5-2)11-9-16-12-14-7-6-8-15(13(14)3)18(19)20/h6-8,16H,4-5,9-12H2,1-3H3. The van der Waals surface area contributed by atoms with Crippen LogP contribution in [0.4, 0.5) is 5.69 Å².